The van der Waals surface area contributed by atoms with Gasteiger partial charge in [-0.15, -0.1) is 0 Å². The second kappa shape index (κ2) is 8.49. The lowest BCUT2D eigenvalue weighted by Gasteiger charge is -2.17. The minimum atomic E-state index is -0.207. The van der Waals surface area contributed by atoms with Crippen molar-refractivity contribution in [3.05, 3.63) is 125 Å². The molecule has 0 fully saturated rings. The van der Waals surface area contributed by atoms with Gasteiger partial charge in [-0.1, -0.05) is 72.8 Å². The van der Waals surface area contributed by atoms with E-state index in [1.165, 1.54) is 16.8 Å². The number of carbonyl (C=O) groups excluding carboxylic acids is 1. The average Bonchev–Trinajstić information content (AvgIpc) is 3.32. The molecule has 6 rings (SSSR count). The summed E-state index contributed by atoms with van der Waals surface area (Å²) in [5.41, 5.74) is 7.98. The first kappa shape index (κ1) is 20.2. The van der Waals surface area contributed by atoms with Crippen molar-refractivity contribution in [2.75, 3.05) is 4.90 Å². The van der Waals surface area contributed by atoms with Crippen LogP contribution in [0.3, 0.4) is 0 Å². The molecule has 4 heteroatoms. The number of para-hydroxylation sites is 1. The maximum atomic E-state index is 12.9. The standard InChI is InChI=1S/C30H23N3O/c34-30(23-14-15-24-19-33(20-25(24)17-23)26-10-2-1-3-11-26)32-31-18-29-27-12-6-4-8-21(27)16-22-9-5-7-13-28(22)29/h1-18H,19-20H2,(H,32,34)/b31-18+. The third-order valence-electron chi connectivity index (χ3n) is 6.48. The van der Waals surface area contributed by atoms with Crippen molar-refractivity contribution in [1.29, 1.82) is 0 Å². The third kappa shape index (κ3) is 3.69. The van der Waals surface area contributed by atoms with Crippen LogP contribution in [-0.4, -0.2) is 12.1 Å². The van der Waals surface area contributed by atoms with Gasteiger partial charge in [-0.2, -0.15) is 5.10 Å². The Bertz CT molecular complexity index is 1500. The Labute approximate surface area is 198 Å². The fourth-order valence-corrected chi connectivity index (χ4v) is 4.77. The van der Waals surface area contributed by atoms with Crippen molar-refractivity contribution >= 4 is 39.4 Å². The molecule has 5 aromatic carbocycles. The van der Waals surface area contributed by atoms with Crippen molar-refractivity contribution in [2.24, 2.45) is 5.10 Å². The van der Waals surface area contributed by atoms with E-state index < -0.39 is 0 Å². The monoisotopic (exact) mass is 441 g/mol. The van der Waals surface area contributed by atoms with Crippen LogP contribution >= 0.6 is 0 Å². The molecule has 1 aliphatic rings. The molecule has 1 N–H and O–H groups in total. The van der Waals surface area contributed by atoms with Gasteiger partial charge in [0.1, 0.15) is 0 Å². The highest BCUT2D eigenvalue weighted by Gasteiger charge is 2.20. The van der Waals surface area contributed by atoms with E-state index in [4.69, 9.17) is 0 Å². The fourth-order valence-electron chi connectivity index (χ4n) is 4.77. The zero-order valence-corrected chi connectivity index (χ0v) is 18.6. The number of hydrogen-bond donors (Lipinski definition) is 1. The van der Waals surface area contributed by atoms with Crippen molar-refractivity contribution < 1.29 is 4.79 Å². The summed E-state index contributed by atoms with van der Waals surface area (Å²) in [7, 11) is 0. The summed E-state index contributed by atoms with van der Waals surface area (Å²) in [5, 5.41) is 8.85. The minimum absolute atomic E-state index is 0.207. The lowest BCUT2D eigenvalue weighted by molar-refractivity contribution is 0.0955. The quantitative estimate of drug-likeness (QED) is 0.203. The lowest BCUT2D eigenvalue weighted by Crippen LogP contribution is -2.18. The fraction of sp³-hybridized carbons (Fsp3) is 0.0667. The van der Waals surface area contributed by atoms with E-state index >= 15 is 0 Å². The molecular formula is C30H23N3O. The number of hydrazone groups is 1. The average molecular weight is 442 g/mol. The Morgan fingerprint density at radius 2 is 1.38 bits per heavy atom. The molecular weight excluding hydrogens is 418 g/mol. The number of nitrogens with zero attached hydrogens (tertiary/aromatic N) is 2. The second-order valence-electron chi connectivity index (χ2n) is 8.61. The van der Waals surface area contributed by atoms with Gasteiger partial charge in [0.2, 0.25) is 0 Å². The lowest BCUT2D eigenvalue weighted by atomic mass is 9.97. The number of amides is 1. The van der Waals surface area contributed by atoms with E-state index in [0.29, 0.717) is 5.56 Å². The Morgan fingerprint density at radius 1 is 0.735 bits per heavy atom. The molecule has 5 aromatic rings. The first-order valence-electron chi connectivity index (χ1n) is 11.4. The van der Waals surface area contributed by atoms with Gasteiger partial charge in [0.05, 0.1) is 6.21 Å². The second-order valence-corrected chi connectivity index (χ2v) is 8.61. The van der Waals surface area contributed by atoms with Crippen LogP contribution in [0.4, 0.5) is 5.69 Å². The molecule has 0 unspecified atom stereocenters. The molecule has 0 spiro atoms. The topological polar surface area (TPSA) is 44.7 Å². The number of carbonyl (C=O) groups is 1. The van der Waals surface area contributed by atoms with Crippen LogP contribution < -0.4 is 10.3 Å². The van der Waals surface area contributed by atoms with Crippen LogP contribution in [0, 0.1) is 0 Å². The predicted molar refractivity (Wildman–Crippen MR) is 139 cm³/mol. The summed E-state index contributed by atoms with van der Waals surface area (Å²) in [5.74, 6) is -0.207. The molecule has 0 radical (unpaired) electrons. The largest absolute Gasteiger partial charge is 0.363 e. The number of rotatable bonds is 4. The SMILES string of the molecule is O=C(N/N=C/c1c2ccccc2cc2ccccc12)c1ccc2c(c1)CN(c1ccccc1)C2. The smallest absolute Gasteiger partial charge is 0.271 e. The van der Waals surface area contributed by atoms with Gasteiger partial charge in [-0.25, -0.2) is 5.43 Å². The number of benzene rings is 5. The molecule has 0 saturated carbocycles. The third-order valence-corrected chi connectivity index (χ3v) is 6.48. The van der Waals surface area contributed by atoms with Crippen molar-refractivity contribution in [2.45, 2.75) is 13.1 Å². The van der Waals surface area contributed by atoms with Gasteiger partial charge in [0.25, 0.3) is 5.91 Å². The zero-order valence-electron chi connectivity index (χ0n) is 18.6. The molecule has 1 aliphatic heterocycles. The van der Waals surface area contributed by atoms with Gasteiger partial charge in [0, 0.05) is 29.9 Å². The highest BCUT2D eigenvalue weighted by molar-refractivity contribution is 6.13. The van der Waals surface area contributed by atoms with Crippen LogP contribution in [0.1, 0.15) is 27.0 Å². The Morgan fingerprint density at radius 3 is 2.12 bits per heavy atom. The van der Waals surface area contributed by atoms with Gasteiger partial charge >= 0.3 is 0 Å². The Balaban J connectivity index is 1.24. The normalized spacial score (nSPS) is 13.0. The van der Waals surface area contributed by atoms with Crippen molar-refractivity contribution in [3.63, 3.8) is 0 Å². The predicted octanol–water partition coefficient (Wildman–Crippen LogP) is 6.28. The maximum Gasteiger partial charge on any atom is 0.271 e. The van der Waals surface area contributed by atoms with E-state index in [2.05, 4.69) is 64.0 Å². The number of anilines is 1. The highest BCUT2D eigenvalue weighted by atomic mass is 16.2. The van der Waals surface area contributed by atoms with E-state index in [9.17, 15) is 4.79 Å². The van der Waals surface area contributed by atoms with Crippen LogP contribution in [0.25, 0.3) is 21.5 Å². The van der Waals surface area contributed by atoms with Crippen LogP contribution in [0.2, 0.25) is 0 Å². The van der Waals surface area contributed by atoms with Crippen LogP contribution in [0.5, 0.6) is 0 Å². The molecule has 0 bridgehead atoms. The van der Waals surface area contributed by atoms with Crippen LogP contribution in [0.15, 0.2) is 108 Å². The Hall–Kier alpha value is -4.44. The van der Waals surface area contributed by atoms with Gasteiger partial charge in [-0.3, -0.25) is 4.79 Å². The summed E-state index contributed by atoms with van der Waals surface area (Å²) in [6, 6.07) is 34.9. The molecule has 0 atom stereocenters. The van der Waals surface area contributed by atoms with E-state index in [1.807, 2.05) is 54.6 Å². The summed E-state index contributed by atoms with van der Waals surface area (Å²) in [6.07, 6.45) is 1.76. The van der Waals surface area contributed by atoms with Crippen molar-refractivity contribution in [3.8, 4) is 0 Å². The molecule has 0 saturated heterocycles. The first-order valence-corrected chi connectivity index (χ1v) is 11.4. The molecule has 164 valence electrons. The summed E-state index contributed by atoms with van der Waals surface area (Å²) in [4.78, 5) is 15.2. The molecule has 1 amide bonds. The van der Waals surface area contributed by atoms with Crippen molar-refractivity contribution in [1.82, 2.24) is 5.43 Å². The molecule has 34 heavy (non-hydrogen) atoms. The maximum absolute atomic E-state index is 12.9. The molecule has 0 aliphatic carbocycles. The Kier molecular flexibility index (Phi) is 5.04. The number of nitrogens with one attached hydrogen (secondary N) is 1. The van der Waals surface area contributed by atoms with Gasteiger partial charge < -0.3 is 4.90 Å². The highest BCUT2D eigenvalue weighted by Crippen LogP contribution is 2.29. The summed E-state index contributed by atoms with van der Waals surface area (Å²) < 4.78 is 0. The first-order chi connectivity index (χ1) is 16.8. The number of hydrogen-bond acceptors (Lipinski definition) is 3. The summed E-state index contributed by atoms with van der Waals surface area (Å²) in [6.45, 7) is 1.65. The zero-order chi connectivity index (χ0) is 22.9. The van der Waals surface area contributed by atoms with E-state index in [-0.39, 0.29) is 5.91 Å². The minimum Gasteiger partial charge on any atom is -0.363 e. The van der Waals surface area contributed by atoms with E-state index in [0.717, 1.165) is 40.2 Å². The van der Waals surface area contributed by atoms with Crippen LogP contribution in [-0.2, 0) is 13.1 Å². The molecule has 1 heterocycles. The van der Waals surface area contributed by atoms with Gasteiger partial charge in [0.15, 0.2) is 0 Å². The summed E-state index contributed by atoms with van der Waals surface area (Å²) >= 11 is 0. The molecule has 4 nitrogen and oxygen atoms in total. The van der Waals surface area contributed by atoms with E-state index in [1.54, 1.807) is 6.21 Å². The van der Waals surface area contributed by atoms with Gasteiger partial charge in [-0.05, 0) is 63.0 Å². The number of fused-ring (bicyclic) bond motifs is 3. The molecule has 0 aromatic heterocycles.